The fourth-order valence-electron chi connectivity index (χ4n) is 2.67. The van der Waals surface area contributed by atoms with E-state index in [1.165, 1.54) is 6.07 Å². The van der Waals surface area contributed by atoms with Gasteiger partial charge >= 0.3 is 5.97 Å². The maximum Gasteiger partial charge on any atom is 0.307 e. The molecule has 2 atom stereocenters. The maximum absolute atomic E-state index is 11.1. The smallest absolute Gasteiger partial charge is 0.307 e. The van der Waals surface area contributed by atoms with Gasteiger partial charge in [0.25, 0.3) is 5.69 Å². The minimum atomic E-state index is -0.763. The van der Waals surface area contributed by atoms with Crippen molar-refractivity contribution in [3.8, 4) is 0 Å². The number of carboxylic acids is 1. The number of likely N-dealkylation sites (tertiary alicyclic amines) is 1. The lowest BCUT2D eigenvalue weighted by Gasteiger charge is -2.35. The van der Waals surface area contributed by atoms with Crippen LogP contribution in [-0.2, 0) is 4.79 Å². The van der Waals surface area contributed by atoms with Gasteiger partial charge in [-0.25, -0.2) is 0 Å². The highest BCUT2D eigenvalue weighted by atomic mass is 16.6. The summed E-state index contributed by atoms with van der Waals surface area (Å²) in [5.74, 6) is -1.11. The fourth-order valence-corrected chi connectivity index (χ4v) is 2.67. The van der Waals surface area contributed by atoms with Gasteiger partial charge < -0.3 is 5.11 Å². The number of nitro groups is 1. The molecule has 0 radical (unpaired) electrons. The Kier molecular flexibility index (Phi) is 4.34. The fraction of sp³-hybridized carbons (Fsp3) is 0.500. The van der Waals surface area contributed by atoms with Crippen molar-refractivity contribution in [2.45, 2.75) is 25.8 Å². The van der Waals surface area contributed by atoms with E-state index < -0.39 is 10.9 Å². The molecule has 1 aliphatic heterocycles. The van der Waals surface area contributed by atoms with E-state index in [0.29, 0.717) is 13.0 Å². The Morgan fingerprint density at radius 3 is 2.95 bits per heavy atom. The number of hydrogen-bond acceptors (Lipinski definition) is 4. The van der Waals surface area contributed by atoms with Gasteiger partial charge in [0.15, 0.2) is 0 Å². The number of nitro benzene ring substituents is 1. The topological polar surface area (TPSA) is 83.7 Å². The van der Waals surface area contributed by atoms with Crippen molar-refractivity contribution < 1.29 is 14.8 Å². The number of nitrogens with zero attached hydrogens (tertiary/aromatic N) is 2. The molecule has 1 aromatic rings. The third-order valence-electron chi connectivity index (χ3n) is 3.91. The first-order valence-corrected chi connectivity index (χ1v) is 6.70. The molecule has 1 N–H and O–H groups in total. The summed E-state index contributed by atoms with van der Waals surface area (Å²) >= 11 is 0. The van der Waals surface area contributed by atoms with Gasteiger partial charge in [0.2, 0.25) is 0 Å². The summed E-state index contributed by atoms with van der Waals surface area (Å²) in [6, 6.07) is 6.53. The molecule has 1 fully saturated rings. The van der Waals surface area contributed by atoms with Gasteiger partial charge in [-0.05, 0) is 31.9 Å². The number of hydrogen-bond donors (Lipinski definition) is 1. The second kappa shape index (κ2) is 6.00. The Labute approximate surface area is 117 Å². The van der Waals surface area contributed by atoms with Crippen LogP contribution in [-0.4, -0.2) is 34.0 Å². The molecule has 2 unspecified atom stereocenters. The molecular formula is C14H18N2O4. The molecule has 0 aromatic heterocycles. The molecular weight excluding hydrogens is 260 g/mol. The van der Waals surface area contributed by atoms with E-state index in [1.54, 1.807) is 12.1 Å². The van der Waals surface area contributed by atoms with E-state index in [4.69, 9.17) is 5.11 Å². The van der Waals surface area contributed by atoms with Crippen LogP contribution in [0.5, 0.6) is 0 Å². The van der Waals surface area contributed by atoms with Crippen molar-refractivity contribution >= 4 is 11.7 Å². The van der Waals surface area contributed by atoms with Crippen LogP contribution >= 0.6 is 0 Å². The molecule has 0 amide bonds. The number of piperidine rings is 1. The second-order valence-corrected chi connectivity index (χ2v) is 5.20. The molecule has 6 nitrogen and oxygen atoms in total. The molecule has 1 aromatic carbocycles. The zero-order chi connectivity index (χ0) is 14.7. The van der Waals surface area contributed by atoms with Gasteiger partial charge in [0.05, 0.1) is 10.8 Å². The van der Waals surface area contributed by atoms with Gasteiger partial charge in [-0.1, -0.05) is 12.1 Å². The van der Waals surface area contributed by atoms with Crippen molar-refractivity contribution in [1.82, 2.24) is 4.90 Å². The summed E-state index contributed by atoms with van der Waals surface area (Å²) in [6.45, 7) is 3.29. The summed E-state index contributed by atoms with van der Waals surface area (Å²) in [5, 5.41) is 19.9. The lowest BCUT2D eigenvalue weighted by atomic mass is 9.95. The highest BCUT2D eigenvalue weighted by Crippen LogP contribution is 2.28. The normalized spacial score (nSPS) is 21.4. The average molecular weight is 278 g/mol. The van der Waals surface area contributed by atoms with Crippen LogP contribution in [0.2, 0.25) is 0 Å². The zero-order valence-corrected chi connectivity index (χ0v) is 11.4. The summed E-state index contributed by atoms with van der Waals surface area (Å²) in [5.41, 5.74) is 0.923. The highest BCUT2D eigenvalue weighted by Gasteiger charge is 2.28. The van der Waals surface area contributed by atoms with Gasteiger partial charge in [0.1, 0.15) is 0 Å². The van der Waals surface area contributed by atoms with Crippen molar-refractivity contribution in [1.29, 1.82) is 0 Å². The molecule has 0 bridgehead atoms. The number of rotatable bonds is 4. The highest BCUT2D eigenvalue weighted by molar-refractivity contribution is 5.70. The van der Waals surface area contributed by atoms with Crippen LogP contribution in [0, 0.1) is 16.0 Å². The van der Waals surface area contributed by atoms with Crippen molar-refractivity contribution in [2.24, 2.45) is 5.92 Å². The van der Waals surface area contributed by atoms with Crippen LogP contribution in [0.15, 0.2) is 24.3 Å². The second-order valence-electron chi connectivity index (χ2n) is 5.20. The van der Waals surface area contributed by atoms with E-state index in [2.05, 4.69) is 4.90 Å². The Hall–Kier alpha value is -1.95. The summed E-state index contributed by atoms with van der Waals surface area (Å²) in [6.07, 6.45) is 1.55. The maximum atomic E-state index is 11.1. The molecule has 6 heteroatoms. The third kappa shape index (κ3) is 3.14. The van der Waals surface area contributed by atoms with E-state index in [1.807, 2.05) is 13.0 Å². The average Bonchev–Trinajstić information content (AvgIpc) is 2.46. The largest absolute Gasteiger partial charge is 0.481 e. The number of carboxylic acid groups (broad SMARTS) is 1. The first kappa shape index (κ1) is 14.5. The number of non-ortho nitro benzene ring substituents is 1. The minimum absolute atomic E-state index is 0.0166. The summed E-state index contributed by atoms with van der Waals surface area (Å²) < 4.78 is 0. The van der Waals surface area contributed by atoms with Crippen molar-refractivity contribution in [2.75, 3.05) is 13.1 Å². The van der Waals surface area contributed by atoms with Crippen LogP contribution in [0.1, 0.15) is 31.4 Å². The first-order chi connectivity index (χ1) is 9.49. The quantitative estimate of drug-likeness (QED) is 0.675. The number of aliphatic carboxylic acids is 1. The Morgan fingerprint density at radius 2 is 2.30 bits per heavy atom. The van der Waals surface area contributed by atoms with Crippen LogP contribution in [0.4, 0.5) is 5.69 Å². The van der Waals surface area contributed by atoms with Crippen molar-refractivity contribution in [3.63, 3.8) is 0 Å². The van der Waals surface area contributed by atoms with E-state index in [9.17, 15) is 14.9 Å². The van der Waals surface area contributed by atoms with Crippen LogP contribution < -0.4 is 0 Å². The molecule has 20 heavy (non-hydrogen) atoms. The molecule has 0 aliphatic carbocycles. The van der Waals surface area contributed by atoms with Gasteiger partial charge in [-0.3, -0.25) is 19.8 Å². The van der Waals surface area contributed by atoms with Crippen LogP contribution in [0.25, 0.3) is 0 Å². The van der Waals surface area contributed by atoms with E-state index in [-0.39, 0.29) is 17.6 Å². The molecule has 1 saturated heterocycles. The van der Waals surface area contributed by atoms with Crippen molar-refractivity contribution in [3.05, 3.63) is 39.9 Å². The molecule has 0 spiro atoms. The molecule has 1 heterocycles. The number of benzene rings is 1. The minimum Gasteiger partial charge on any atom is -0.481 e. The monoisotopic (exact) mass is 278 g/mol. The summed E-state index contributed by atoms with van der Waals surface area (Å²) in [4.78, 5) is 23.6. The van der Waals surface area contributed by atoms with E-state index in [0.717, 1.165) is 18.5 Å². The predicted molar refractivity (Wildman–Crippen MR) is 73.4 cm³/mol. The Morgan fingerprint density at radius 1 is 1.55 bits per heavy atom. The van der Waals surface area contributed by atoms with E-state index >= 15 is 0 Å². The van der Waals surface area contributed by atoms with Gasteiger partial charge in [0, 0.05) is 24.7 Å². The zero-order valence-electron chi connectivity index (χ0n) is 11.4. The lowest BCUT2D eigenvalue weighted by Crippen LogP contribution is -2.40. The predicted octanol–water partition coefficient (Wildman–Crippen LogP) is 2.45. The van der Waals surface area contributed by atoms with Crippen LogP contribution in [0.3, 0.4) is 0 Å². The Balaban J connectivity index is 2.14. The SMILES string of the molecule is CC(c1cccc([N+](=O)[O-])c1)N1CCCC(C(=O)O)C1. The standard InChI is InChI=1S/C14H18N2O4/c1-10(11-4-2-6-13(8-11)16(19)20)15-7-3-5-12(9-15)14(17)18/h2,4,6,8,10,12H,3,5,7,9H2,1H3,(H,17,18). The number of carbonyl (C=O) groups is 1. The van der Waals surface area contributed by atoms with Gasteiger partial charge in [-0.2, -0.15) is 0 Å². The summed E-state index contributed by atoms with van der Waals surface area (Å²) in [7, 11) is 0. The molecule has 0 saturated carbocycles. The first-order valence-electron chi connectivity index (χ1n) is 6.70. The van der Waals surface area contributed by atoms with Gasteiger partial charge in [-0.15, -0.1) is 0 Å². The lowest BCUT2D eigenvalue weighted by molar-refractivity contribution is -0.385. The molecule has 108 valence electrons. The molecule has 1 aliphatic rings. The third-order valence-corrected chi connectivity index (χ3v) is 3.91. The molecule has 2 rings (SSSR count). The Bertz CT molecular complexity index is 518.